The number of hydrogen-bond acceptors (Lipinski definition) is 2. The first-order valence-corrected chi connectivity index (χ1v) is 7.34. The summed E-state index contributed by atoms with van der Waals surface area (Å²) >= 11 is 6.06. The van der Waals surface area contributed by atoms with E-state index in [-0.39, 0.29) is 0 Å². The van der Waals surface area contributed by atoms with E-state index in [1.54, 1.807) is 7.11 Å². The van der Waals surface area contributed by atoms with E-state index in [0.29, 0.717) is 23.3 Å². The van der Waals surface area contributed by atoms with Gasteiger partial charge in [-0.3, -0.25) is 0 Å². The van der Waals surface area contributed by atoms with Crippen LogP contribution < -0.4 is 4.74 Å². The van der Waals surface area contributed by atoms with Crippen LogP contribution in [0.25, 0.3) is 0 Å². The predicted octanol–water partition coefficient (Wildman–Crippen LogP) is 4.08. The third kappa shape index (κ3) is 3.64. The SMILES string of the molecule is COc1ccc(Cl)cc1CC1(O)CC(C)CC(C)C1. The van der Waals surface area contributed by atoms with Crippen molar-refractivity contribution in [2.75, 3.05) is 7.11 Å². The van der Waals surface area contributed by atoms with Crippen LogP contribution in [0.2, 0.25) is 5.02 Å². The highest BCUT2D eigenvalue weighted by molar-refractivity contribution is 6.30. The van der Waals surface area contributed by atoms with Gasteiger partial charge in [-0.25, -0.2) is 0 Å². The number of methoxy groups -OCH3 is 1. The van der Waals surface area contributed by atoms with Crippen LogP contribution in [-0.4, -0.2) is 17.8 Å². The van der Waals surface area contributed by atoms with Gasteiger partial charge in [0.25, 0.3) is 0 Å². The van der Waals surface area contributed by atoms with E-state index in [9.17, 15) is 5.11 Å². The summed E-state index contributed by atoms with van der Waals surface area (Å²) in [5.41, 5.74) is 0.369. The van der Waals surface area contributed by atoms with Crippen molar-refractivity contribution >= 4 is 11.6 Å². The van der Waals surface area contributed by atoms with Gasteiger partial charge in [-0.05, 0) is 54.9 Å². The van der Waals surface area contributed by atoms with Crippen molar-refractivity contribution in [3.05, 3.63) is 28.8 Å². The maximum Gasteiger partial charge on any atom is 0.122 e. The van der Waals surface area contributed by atoms with Crippen LogP contribution in [0.4, 0.5) is 0 Å². The quantitative estimate of drug-likeness (QED) is 0.905. The molecule has 19 heavy (non-hydrogen) atoms. The maximum atomic E-state index is 10.9. The second-order valence-electron chi connectivity index (χ2n) is 6.21. The molecule has 106 valence electrons. The first-order chi connectivity index (χ1) is 8.92. The second-order valence-corrected chi connectivity index (χ2v) is 6.65. The lowest BCUT2D eigenvalue weighted by Gasteiger charge is -2.39. The Balaban J connectivity index is 2.21. The zero-order chi connectivity index (χ0) is 14.0. The molecule has 0 aliphatic heterocycles. The molecule has 2 atom stereocenters. The Labute approximate surface area is 120 Å². The zero-order valence-electron chi connectivity index (χ0n) is 11.9. The van der Waals surface area contributed by atoms with E-state index >= 15 is 0 Å². The minimum atomic E-state index is -0.630. The number of benzene rings is 1. The summed E-state index contributed by atoms with van der Waals surface area (Å²) in [4.78, 5) is 0. The zero-order valence-corrected chi connectivity index (χ0v) is 12.7. The molecule has 0 bridgehead atoms. The third-order valence-electron chi connectivity index (χ3n) is 4.02. The lowest BCUT2D eigenvalue weighted by atomic mass is 9.71. The van der Waals surface area contributed by atoms with Gasteiger partial charge in [0.2, 0.25) is 0 Å². The number of hydrogen-bond donors (Lipinski definition) is 1. The average Bonchev–Trinajstić information content (AvgIpc) is 2.26. The van der Waals surface area contributed by atoms with Gasteiger partial charge in [-0.15, -0.1) is 0 Å². The Hall–Kier alpha value is -0.730. The van der Waals surface area contributed by atoms with E-state index in [1.165, 1.54) is 6.42 Å². The lowest BCUT2D eigenvalue weighted by molar-refractivity contribution is -0.0308. The van der Waals surface area contributed by atoms with Crippen LogP contribution in [0.1, 0.15) is 38.7 Å². The maximum absolute atomic E-state index is 10.9. The Morgan fingerprint density at radius 2 is 1.95 bits per heavy atom. The molecule has 2 unspecified atom stereocenters. The molecule has 1 fully saturated rings. The second kappa shape index (κ2) is 5.72. The molecule has 0 heterocycles. The minimum absolute atomic E-state index is 0.568. The molecule has 0 saturated heterocycles. The van der Waals surface area contributed by atoms with Crippen LogP contribution >= 0.6 is 11.6 Å². The summed E-state index contributed by atoms with van der Waals surface area (Å²) in [6.45, 7) is 4.44. The monoisotopic (exact) mass is 282 g/mol. The highest BCUT2D eigenvalue weighted by atomic mass is 35.5. The smallest absolute Gasteiger partial charge is 0.122 e. The molecule has 2 nitrogen and oxygen atoms in total. The van der Waals surface area contributed by atoms with Crippen molar-refractivity contribution < 1.29 is 9.84 Å². The van der Waals surface area contributed by atoms with Gasteiger partial charge >= 0.3 is 0 Å². The summed E-state index contributed by atoms with van der Waals surface area (Å²) in [6.07, 6.45) is 3.53. The summed E-state index contributed by atoms with van der Waals surface area (Å²) < 4.78 is 5.37. The first kappa shape index (κ1) is 14.7. The van der Waals surface area contributed by atoms with E-state index in [1.807, 2.05) is 18.2 Å². The predicted molar refractivity (Wildman–Crippen MR) is 78.8 cm³/mol. The van der Waals surface area contributed by atoms with Gasteiger partial charge in [-0.1, -0.05) is 25.4 Å². The highest BCUT2D eigenvalue weighted by Gasteiger charge is 2.36. The van der Waals surface area contributed by atoms with E-state index in [0.717, 1.165) is 24.2 Å². The third-order valence-corrected chi connectivity index (χ3v) is 4.26. The Bertz CT molecular complexity index is 434. The first-order valence-electron chi connectivity index (χ1n) is 6.96. The normalized spacial score (nSPS) is 31.2. The molecule has 0 aromatic heterocycles. The minimum Gasteiger partial charge on any atom is -0.496 e. The molecule has 1 aromatic carbocycles. The highest BCUT2D eigenvalue weighted by Crippen LogP contribution is 2.39. The van der Waals surface area contributed by atoms with Crippen LogP contribution in [0.5, 0.6) is 5.75 Å². The molecule has 2 rings (SSSR count). The topological polar surface area (TPSA) is 29.5 Å². The fraction of sp³-hybridized carbons (Fsp3) is 0.625. The number of ether oxygens (including phenoxy) is 1. The van der Waals surface area contributed by atoms with Gasteiger partial charge < -0.3 is 9.84 Å². The molecule has 0 amide bonds. The standard InChI is InChI=1S/C16H23ClO2/c1-11-6-12(2)9-16(18,8-11)10-13-7-14(17)4-5-15(13)19-3/h4-5,7,11-12,18H,6,8-10H2,1-3H3. The van der Waals surface area contributed by atoms with Crippen molar-refractivity contribution in [2.24, 2.45) is 11.8 Å². The van der Waals surface area contributed by atoms with Gasteiger partial charge in [0.1, 0.15) is 5.75 Å². The molecule has 3 heteroatoms. The van der Waals surface area contributed by atoms with Crippen molar-refractivity contribution in [3.8, 4) is 5.75 Å². The average molecular weight is 283 g/mol. The van der Waals surface area contributed by atoms with Crippen molar-refractivity contribution in [1.29, 1.82) is 0 Å². The van der Waals surface area contributed by atoms with Crippen LogP contribution in [0.15, 0.2) is 18.2 Å². The van der Waals surface area contributed by atoms with E-state index in [2.05, 4.69) is 13.8 Å². The molecule has 1 aliphatic carbocycles. The molecule has 1 N–H and O–H groups in total. The van der Waals surface area contributed by atoms with Crippen LogP contribution in [-0.2, 0) is 6.42 Å². The molecule has 0 radical (unpaired) electrons. The molecule has 1 aliphatic rings. The van der Waals surface area contributed by atoms with Crippen molar-refractivity contribution in [1.82, 2.24) is 0 Å². The molecule has 1 aromatic rings. The Morgan fingerprint density at radius 3 is 2.53 bits per heavy atom. The molecular weight excluding hydrogens is 260 g/mol. The van der Waals surface area contributed by atoms with E-state index < -0.39 is 5.60 Å². The number of halogens is 1. The Kier molecular flexibility index (Phi) is 4.42. The summed E-state index contributed by atoms with van der Waals surface area (Å²) in [7, 11) is 1.66. The van der Waals surface area contributed by atoms with Gasteiger partial charge in [0.05, 0.1) is 12.7 Å². The molecule has 0 spiro atoms. The number of aliphatic hydroxyl groups is 1. The van der Waals surface area contributed by atoms with Crippen molar-refractivity contribution in [3.63, 3.8) is 0 Å². The fourth-order valence-corrected chi connectivity index (χ4v) is 3.81. The van der Waals surface area contributed by atoms with Crippen LogP contribution in [0, 0.1) is 11.8 Å². The summed E-state index contributed by atoms with van der Waals surface area (Å²) in [6, 6.07) is 5.60. The summed E-state index contributed by atoms with van der Waals surface area (Å²) in [5.74, 6) is 1.95. The van der Waals surface area contributed by atoms with Gasteiger partial charge in [0, 0.05) is 11.4 Å². The van der Waals surface area contributed by atoms with Crippen LogP contribution in [0.3, 0.4) is 0 Å². The van der Waals surface area contributed by atoms with Crippen molar-refractivity contribution in [2.45, 2.75) is 45.1 Å². The van der Waals surface area contributed by atoms with E-state index in [4.69, 9.17) is 16.3 Å². The number of rotatable bonds is 3. The Morgan fingerprint density at radius 1 is 1.32 bits per heavy atom. The van der Waals surface area contributed by atoms with Gasteiger partial charge in [-0.2, -0.15) is 0 Å². The lowest BCUT2D eigenvalue weighted by Crippen LogP contribution is -2.39. The fourth-order valence-electron chi connectivity index (χ4n) is 3.62. The summed E-state index contributed by atoms with van der Waals surface area (Å²) in [5, 5.41) is 11.6. The largest absolute Gasteiger partial charge is 0.496 e. The van der Waals surface area contributed by atoms with Gasteiger partial charge in [0.15, 0.2) is 0 Å². The molecular formula is C16H23ClO2. The molecule has 1 saturated carbocycles.